The number of hydrogen-bond acceptors (Lipinski definition) is 7. The summed E-state index contributed by atoms with van der Waals surface area (Å²) in [7, 11) is 0. The molecule has 3 aromatic rings. The topological polar surface area (TPSA) is 82.5 Å². The van der Waals surface area contributed by atoms with Gasteiger partial charge in [0.05, 0.1) is 11.4 Å². The van der Waals surface area contributed by atoms with Crippen molar-refractivity contribution in [1.82, 2.24) is 30.3 Å². The first-order chi connectivity index (χ1) is 11.1. The molecule has 0 fully saturated rings. The van der Waals surface area contributed by atoms with Gasteiger partial charge in [0.25, 0.3) is 0 Å². The molecule has 2 heterocycles. The summed E-state index contributed by atoms with van der Waals surface area (Å²) < 4.78 is 6.89. The molecule has 23 heavy (non-hydrogen) atoms. The zero-order valence-corrected chi connectivity index (χ0v) is 14.3. The van der Waals surface area contributed by atoms with E-state index >= 15 is 0 Å². The Bertz CT molecular complexity index is 770. The second-order valence-electron chi connectivity index (χ2n) is 5.34. The summed E-state index contributed by atoms with van der Waals surface area (Å²) >= 11 is 7.33. The minimum Gasteiger partial charge on any atom is -0.338 e. The van der Waals surface area contributed by atoms with Gasteiger partial charge in [-0.1, -0.05) is 42.4 Å². The van der Waals surface area contributed by atoms with Crippen LogP contribution in [0.15, 0.2) is 33.9 Å². The highest BCUT2D eigenvalue weighted by Gasteiger charge is 2.13. The van der Waals surface area contributed by atoms with E-state index in [9.17, 15) is 0 Å². The third kappa shape index (κ3) is 4.08. The van der Waals surface area contributed by atoms with Gasteiger partial charge in [0.15, 0.2) is 5.82 Å². The van der Waals surface area contributed by atoms with E-state index in [1.165, 1.54) is 11.8 Å². The molecule has 9 heteroatoms. The lowest BCUT2D eigenvalue weighted by Gasteiger charge is -2.02. The van der Waals surface area contributed by atoms with Crippen molar-refractivity contribution in [3.8, 4) is 5.69 Å². The van der Waals surface area contributed by atoms with Crippen LogP contribution in [-0.4, -0.2) is 30.3 Å². The van der Waals surface area contributed by atoms with Crippen LogP contribution in [0, 0.1) is 5.92 Å². The molecule has 1 aromatic carbocycles. The molecule has 3 rings (SSSR count). The summed E-state index contributed by atoms with van der Waals surface area (Å²) in [6.45, 7) is 4.23. The average Bonchev–Trinajstić information content (AvgIpc) is 3.14. The number of thioether (sulfide) groups is 1. The van der Waals surface area contributed by atoms with Crippen LogP contribution >= 0.6 is 23.4 Å². The Morgan fingerprint density at radius 1 is 1.26 bits per heavy atom. The van der Waals surface area contributed by atoms with Crippen LogP contribution in [0.3, 0.4) is 0 Å². The van der Waals surface area contributed by atoms with E-state index in [1.807, 2.05) is 12.1 Å². The number of benzene rings is 1. The Morgan fingerprint density at radius 3 is 2.78 bits per heavy atom. The van der Waals surface area contributed by atoms with E-state index in [2.05, 4.69) is 39.5 Å². The molecule has 0 aliphatic rings. The first kappa shape index (κ1) is 15.9. The second kappa shape index (κ2) is 7.10. The molecule has 7 nitrogen and oxygen atoms in total. The predicted molar refractivity (Wildman–Crippen MR) is 86.6 cm³/mol. The Hall–Kier alpha value is -1.93. The van der Waals surface area contributed by atoms with Crippen molar-refractivity contribution >= 4 is 23.4 Å². The molecule has 120 valence electrons. The summed E-state index contributed by atoms with van der Waals surface area (Å²) in [6.07, 6.45) is 0.802. The Labute approximate surface area is 142 Å². The third-order valence-electron chi connectivity index (χ3n) is 2.94. The van der Waals surface area contributed by atoms with Gasteiger partial charge in [-0.2, -0.15) is 9.67 Å². The molecule has 0 bridgehead atoms. The van der Waals surface area contributed by atoms with Gasteiger partial charge >= 0.3 is 0 Å². The summed E-state index contributed by atoms with van der Waals surface area (Å²) in [4.78, 5) is 4.37. The fourth-order valence-corrected chi connectivity index (χ4v) is 2.79. The minimum absolute atomic E-state index is 0.491. The molecular formula is C14H15ClN6OS. The minimum atomic E-state index is 0.491. The second-order valence-corrected chi connectivity index (χ2v) is 6.72. The van der Waals surface area contributed by atoms with Gasteiger partial charge in [-0.25, -0.2) is 0 Å². The van der Waals surface area contributed by atoms with Crippen LogP contribution in [-0.2, 0) is 12.2 Å². The van der Waals surface area contributed by atoms with Crippen molar-refractivity contribution in [2.45, 2.75) is 31.2 Å². The molecule has 0 saturated heterocycles. The number of tetrazole rings is 1. The molecule has 2 aromatic heterocycles. The predicted octanol–water partition coefficient (Wildman–Crippen LogP) is 3.19. The number of aromatic nitrogens is 6. The van der Waals surface area contributed by atoms with Crippen molar-refractivity contribution in [1.29, 1.82) is 0 Å². The Kier molecular flexibility index (Phi) is 4.92. The fraction of sp³-hybridized carbons (Fsp3) is 0.357. The highest BCUT2D eigenvalue weighted by atomic mass is 35.5. The number of nitrogens with zero attached hydrogens (tertiary/aromatic N) is 6. The van der Waals surface area contributed by atoms with Crippen molar-refractivity contribution < 1.29 is 4.52 Å². The van der Waals surface area contributed by atoms with Crippen molar-refractivity contribution in [3.05, 3.63) is 41.0 Å². The maximum Gasteiger partial charge on any atom is 0.237 e. The molecular weight excluding hydrogens is 336 g/mol. The van der Waals surface area contributed by atoms with Crippen molar-refractivity contribution in [2.75, 3.05) is 0 Å². The fourth-order valence-electron chi connectivity index (χ4n) is 1.94. The number of hydrogen-bond donors (Lipinski definition) is 0. The van der Waals surface area contributed by atoms with Gasteiger partial charge < -0.3 is 4.52 Å². The summed E-state index contributed by atoms with van der Waals surface area (Å²) in [5.74, 6) is 2.30. The molecule has 0 amide bonds. The lowest BCUT2D eigenvalue weighted by atomic mass is 10.1. The molecule has 0 unspecified atom stereocenters. The summed E-state index contributed by atoms with van der Waals surface area (Å²) in [5, 5.41) is 17.0. The average molecular weight is 351 g/mol. The van der Waals surface area contributed by atoms with E-state index < -0.39 is 0 Å². The van der Waals surface area contributed by atoms with Crippen LogP contribution in [0.4, 0.5) is 0 Å². The van der Waals surface area contributed by atoms with Crippen molar-refractivity contribution in [2.24, 2.45) is 5.92 Å². The SMILES string of the molecule is CC(C)Cc1noc(CSc2nnnn2-c2ccc(Cl)cc2)n1. The lowest BCUT2D eigenvalue weighted by Crippen LogP contribution is -1.99. The summed E-state index contributed by atoms with van der Waals surface area (Å²) in [5.41, 5.74) is 0.841. The number of rotatable bonds is 6. The van der Waals surface area contributed by atoms with E-state index in [-0.39, 0.29) is 0 Å². The quantitative estimate of drug-likeness (QED) is 0.631. The lowest BCUT2D eigenvalue weighted by molar-refractivity contribution is 0.382. The van der Waals surface area contributed by atoms with Gasteiger partial charge in [0.2, 0.25) is 11.0 Å². The van der Waals surface area contributed by atoms with E-state index in [0.29, 0.717) is 27.7 Å². The van der Waals surface area contributed by atoms with Crippen LogP contribution in [0.2, 0.25) is 5.02 Å². The van der Waals surface area contributed by atoms with Crippen LogP contribution in [0.25, 0.3) is 5.69 Å². The zero-order chi connectivity index (χ0) is 16.2. The third-order valence-corrected chi connectivity index (χ3v) is 4.09. The van der Waals surface area contributed by atoms with Gasteiger partial charge in [-0.3, -0.25) is 0 Å². The van der Waals surface area contributed by atoms with Gasteiger partial charge in [-0.05, 0) is 40.6 Å². The van der Waals surface area contributed by atoms with E-state index in [0.717, 1.165) is 17.9 Å². The first-order valence-electron chi connectivity index (χ1n) is 7.10. The van der Waals surface area contributed by atoms with Crippen LogP contribution < -0.4 is 0 Å². The Balaban J connectivity index is 1.68. The molecule has 0 atom stereocenters. The largest absolute Gasteiger partial charge is 0.338 e. The molecule has 0 radical (unpaired) electrons. The molecule has 0 spiro atoms. The molecule has 0 aliphatic carbocycles. The molecule has 0 N–H and O–H groups in total. The van der Waals surface area contributed by atoms with Crippen LogP contribution in [0.1, 0.15) is 25.6 Å². The zero-order valence-electron chi connectivity index (χ0n) is 12.7. The van der Waals surface area contributed by atoms with Crippen LogP contribution in [0.5, 0.6) is 0 Å². The summed E-state index contributed by atoms with van der Waals surface area (Å²) in [6, 6.07) is 7.30. The highest BCUT2D eigenvalue weighted by molar-refractivity contribution is 7.98. The van der Waals surface area contributed by atoms with Gasteiger partial charge in [0, 0.05) is 11.4 Å². The van der Waals surface area contributed by atoms with Gasteiger partial charge in [-0.15, -0.1) is 5.10 Å². The smallest absolute Gasteiger partial charge is 0.237 e. The first-order valence-corrected chi connectivity index (χ1v) is 8.47. The normalized spacial score (nSPS) is 11.3. The van der Waals surface area contributed by atoms with Gasteiger partial charge in [0.1, 0.15) is 0 Å². The monoisotopic (exact) mass is 350 g/mol. The number of halogens is 1. The maximum absolute atomic E-state index is 5.90. The molecule has 0 aliphatic heterocycles. The highest BCUT2D eigenvalue weighted by Crippen LogP contribution is 2.22. The van der Waals surface area contributed by atoms with Crippen molar-refractivity contribution in [3.63, 3.8) is 0 Å². The molecule has 0 saturated carbocycles. The standard InChI is InChI=1S/C14H15ClN6OS/c1-9(2)7-12-16-13(22-18-12)8-23-14-17-19-20-21(14)11-5-3-10(15)4-6-11/h3-6,9H,7-8H2,1-2H3. The van der Waals surface area contributed by atoms with E-state index in [1.54, 1.807) is 16.8 Å². The van der Waals surface area contributed by atoms with E-state index in [4.69, 9.17) is 16.1 Å². The maximum atomic E-state index is 5.90. The Morgan fingerprint density at radius 2 is 2.04 bits per heavy atom.